The van der Waals surface area contributed by atoms with Crippen molar-refractivity contribution >= 4 is 27.6 Å². The molecule has 0 radical (unpaired) electrons. The maximum absolute atomic E-state index is 13.5. The second kappa shape index (κ2) is 10.8. The van der Waals surface area contributed by atoms with E-state index in [1.54, 1.807) is 24.3 Å². The number of anilines is 1. The zero-order valence-corrected chi connectivity index (χ0v) is 19.8. The van der Waals surface area contributed by atoms with E-state index in [2.05, 4.69) is 11.9 Å². The zero-order valence-electron chi connectivity index (χ0n) is 19.0. The predicted octanol–water partition coefficient (Wildman–Crippen LogP) is 3.96. The maximum atomic E-state index is 13.5. The highest BCUT2D eigenvalue weighted by Crippen LogP contribution is 2.27. The molecule has 0 aliphatic rings. The zero-order chi connectivity index (χ0) is 25.6. The summed E-state index contributed by atoms with van der Waals surface area (Å²) in [5.41, 5.74) is 0.296. The van der Waals surface area contributed by atoms with Crippen molar-refractivity contribution in [3.63, 3.8) is 0 Å². The fourth-order valence-corrected chi connectivity index (χ4v) is 4.59. The SMILES string of the molecule is C=C(C(=O)OC)N(Cc1ccccc1NC(=O)c1cccc(F)c1)S(=O)(=O)c1ccc(OC)cc1. The van der Waals surface area contributed by atoms with Crippen molar-refractivity contribution in [2.45, 2.75) is 11.4 Å². The highest BCUT2D eigenvalue weighted by atomic mass is 32.2. The predicted molar refractivity (Wildman–Crippen MR) is 128 cm³/mol. The normalized spacial score (nSPS) is 10.8. The molecule has 0 aliphatic heterocycles. The van der Waals surface area contributed by atoms with Gasteiger partial charge in [-0.05, 0) is 54.1 Å². The third-order valence-electron chi connectivity index (χ3n) is 5.04. The van der Waals surface area contributed by atoms with E-state index in [1.165, 1.54) is 49.6 Å². The summed E-state index contributed by atoms with van der Waals surface area (Å²) >= 11 is 0. The molecule has 0 fully saturated rings. The van der Waals surface area contributed by atoms with Crippen LogP contribution >= 0.6 is 0 Å². The number of halogens is 1. The highest BCUT2D eigenvalue weighted by molar-refractivity contribution is 7.89. The molecule has 0 aliphatic carbocycles. The number of esters is 1. The summed E-state index contributed by atoms with van der Waals surface area (Å²) in [6.07, 6.45) is 0. The number of benzene rings is 3. The summed E-state index contributed by atoms with van der Waals surface area (Å²) in [5, 5.41) is 2.66. The number of hydrogen-bond donors (Lipinski definition) is 1. The Hall–Kier alpha value is -4.18. The summed E-state index contributed by atoms with van der Waals surface area (Å²) in [6, 6.07) is 17.2. The number of nitrogens with one attached hydrogen (secondary N) is 1. The molecular formula is C25H23FN2O6S. The molecule has 0 heterocycles. The van der Waals surface area contributed by atoms with Gasteiger partial charge in [0.2, 0.25) is 0 Å². The molecule has 3 aromatic rings. The minimum atomic E-state index is -4.27. The Morgan fingerprint density at radius 1 is 1.00 bits per heavy atom. The Labute approximate surface area is 202 Å². The van der Waals surface area contributed by atoms with E-state index in [0.717, 1.165) is 17.5 Å². The number of rotatable bonds is 9. The van der Waals surface area contributed by atoms with Gasteiger partial charge in [0, 0.05) is 11.3 Å². The lowest BCUT2D eigenvalue weighted by atomic mass is 10.1. The smallest absolute Gasteiger partial charge is 0.354 e. The van der Waals surface area contributed by atoms with Gasteiger partial charge in [0.1, 0.15) is 17.3 Å². The number of carbonyl (C=O) groups excluding carboxylic acids is 2. The number of nitrogens with zero attached hydrogens (tertiary/aromatic N) is 1. The van der Waals surface area contributed by atoms with Crippen LogP contribution in [0.25, 0.3) is 0 Å². The van der Waals surface area contributed by atoms with E-state index in [0.29, 0.717) is 11.3 Å². The molecule has 3 aromatic carbocycles. The molecule has 3 rings (SSSR count). The van der Waals surface area contributed by atoms with Crippen molar-refractivity contribution in [3.8, 4) is 5.75 Å². The van der Waals surface area contributed by atoms with Crippen LogP contribution in [-0.4, -0.2) is 38.8 Å². The van der Waals surface area contributed by atoms with Crippen molar-refractivity contribution in [3.05, 3.63) is 102 Å². The van der Waals surface area contributed by atoms with Gasteiger partial charge in [-0.25, -0.2) is 17.6 Å². The second-order valence-electron chi connectivity index (χ2n) is 7.25. The van der Waals surface area contributed by atoms with Crippen molar-refractivity contribution in [2.75, 3.05) is 19.5 Å². The van der Waals surface area contributed by atoms with Gasteiger partial charge in [-0.2, -0.15) is 0 Å². The second-order valence-corrected chi connectivity index (χ2v) is 9.11. The lowest BCUT2D eigenvalue weighted by molar-refractivity contribution is -0.137. The van der Waals surface area contributed by atoms with E-state index in [1.807, 2.05) is 0 Å². The van der Waals surface area contributed by atoms with Crippen LogP contribution in [0.15, 0.2) is 90.0 Å². The van der Waals surface area contributed by atoms with Gasteiger partial charge < -0.3 is 14.8 Å². The molecule has 0 atom stereocenters. The molecule has 0 unspecified atom stereocenters. The summed E-state index contributed by atoms with van der Waals surface area (Å²) in [7, 11) is -1.71. The number of amides is 1. The first-order valence-electron chi connectivity index (χ1n) is 10.3. The Balaban J connectivity index is 1.98. The van der Waals surface area contributed by atoms with E-state index in [9.17, 15) is 22.4 Å². The number of hydrogen-bond acceptors (Lipinski definition) is 6. The Morgan fingerprint density at radius 3 is 2.31 bits per heavy atom. The van der Waals surface area contributed by atoms with Crippen molar-refractivity contribution in [1.29, 1.82) is 0 Å². The lowest BCUT2D eigenvalue weighted by Gasteiger charge is -2.26. The summed E-state index contributed by atoms with van der Waals surface area (Å²) < 4.78 is 51.1. The number of sulfonamides is 1. The van der Waals surface area contributed by atoms with E-state index in [-0.39, 0.29) is 22.7 Å². The van der Waals surface area contributed by atoms with Crippen LogP contribution < -0.4 is 10.1 Å². The minimum absolute atomic E-state index is 0.0847. The first-order valence-corrected chi connectivity index (χ1v) is 11.7. The number of methoxy groups -OCH3 is 2. The largest absolute Gasteiger partial charge is 0.497 e. The molecule has 10 heteroatoms. The van der Waals surface area contributed by atoms with Gasteiger partial charge in [0.25, 0.3) is 15.9 Å². The number of para-hydroxylation sites is 1. The molecule has 0 saturated heterocycles. The monoisotopic (exact) mass is 498 g/mol. The van der Waals surface area contributed by atoms with E-state index < -0.39 is 33.4 Å². The van der Waals surface area contributed by atoms with Crippen LogP contribution in [0.1, 0.15) is 15.9 Å². The molecule has 1 amide bonds. The summed E-state index contributed by atoms with van der Waals surface area (Å²) in [4.78, 5) is 24.8. The van der Waals surface area contributed by atoms with Gasteiger partial charge in [-0.3, -0.25) is 9.10 Å². The molecule has 182 valence electrons. The first-order chi connectivity index (χ1) is 16.7. The maximum Gasteiger partial charge on any atom is 0.354 e. The third kappa shape index (κ3) is 5.85. The molecule has 0 spiro atoms. The topological polar surface area (TPSA) is 102 Å². The lowest BCUT2D eigenvalue weighted by Crippen LogP contribution is -2.33. The van der Waals surface area contributed by atoms with Gasteiger partial charge in [0.05, 0.1) is 25.7 Å². The van der Waals surface area contributed by atoms with Crippen LogP contribution in [0.4, 0.5) is 10.1 Å². The molecule has 0 aromatic heterocycles. The number of carbonyl (C=O) groups is 2. The van der Waals surface area contributed by atoms with E-state index in [4.69, 9.17) is 9.47 Å². The molecule has 1 N–H and O–H groups in total. The van der Waals surface area contributed by atoms with Crippen LogP contribution in [0.2, 0.25) is 0 Å². The molecule has 0 saturated carbocycles. The van der Waals surface area contributed by atoms with Gasteiger partial charge >= 0.3 is 5.97 Å². The van der Waals surface area contributed by atoms with Crippen molar-refractivity contribution in [1.82, 2.24) is 4.31 Å². The fourth-order valence-electron chi connectivity index (χ4n) is 3.18. The van der Waals surface area contributed by atoms with Crippen LogP contribution in [0.3, 0.4) is 0 Å². The van der Waals surface area contributed by atoms with Crippen LogP contribution in [-0.2, 0) is 26.1 Å². The molecular weight excluding hydrogens is 475 g/mol. The van der Waals surface area contributed by atoms with E-state index >= 15 is 0 Å². The standard InChI is InChI=1S/C25H23FN2O6S/c1-17(25(30)34-3)28(35(31,32)22-13-11-21(33-2)12-14-22)16-19-7-4-5-10-23(19)27-24(29)18-8-6-9-20(26)15-18/h4-15H,1,16H2,2-3H3,(H,27,29). The third-order valence-corrected chi connectivity index (χ3v) is 6.83. The quantitative estimate of drug-likeness (QED) is 0.354. The summed E-state index contributed by atoms with van der Waals surface area (Å²) in [5.74, 6) is -1.65. The van der Waals surface area contributed by atoms with Crippen molar-refractivity contribution < 1.29 is 31.9 Å². The van der Waals surface area contributed by atoms with Crippen LogP contribution in [0.5, 0.6) is 5.75 Å². The number of ether oxygens (including phenoxy) is 2. The summed E-state index contributed by atoms with van der Waals surface area (Å²) in [6.45, 7) is 3.27. The Morgan fingerprint density at radius 2 is 1.69 bits per heavy atom. The van der Waals surface area contributed by atoms with Gasteiger partial charge in [-0.1, -0.05) is 30.8 Å². The van der Waals surface area contributed by atoms with Crippen LogP contribution in [0, 0.1) is 5.82 Å². The molecule has 35 heavy (non-hydrogen) atoms. The first kappa shape index (κ1) is 25.4. The average molecular weight is 499 g/mol. The Bertz CT molecular complexity index is 1360. The van der Waals surface area contributed by atoms with Gasteiger partial charge in [0.15, 0.2) is 0 Å². The molecule has 8 nitrogen and oxygen atoms in total. The van der Waals surface area contributed by atoms with Gasteiger partial charge in [-0.15, -0.1) is 0 Å². The average Bonchev–Trinajstić information content (AvgIpc) is 2.87. The minimum Gasteiger partial charge on any atom is -0.497 e. The highest BCUT2D eigenvalue weighted by Gasteiger charge is 2.30. The van der Waals surface area contributed by atoms with Crippen molar-refractivity contribution in [2.24, 2.45) is 0 Å². The molecule has 0 bridgehead atoms. The fraction of sp³-hybridized carbons (Fsp3) is 0.120. The Kier molecular flexibility index (Phi) is 7.87.